The van der Waals surface area contributed by atoms with Gasteiger partial charge in [-0.3, -0.25) is 4.90 Å². The molecule has 0 amide bonds. The summed E-state index contributed by atoms with van der Waals surface area (Å²) in [6.45, 7) is 2.67. The number of fused-ring (bicyclic) bond motifs is 3. The van der Waals surface area contributed by atoms with Crippen LogP contribution in [0.15, 0.2) is 0 Å². The molecular formula is C10H18N2. The molecular weight excluding hydrogens is 148 g/mol. The molecule has 0 spiro atoms. The summed E-state index contributed by atoms with van der Waals surface area (Å²) in [6, 6.07) is 1.29. The van der Waals surface area contributed by atoms with Gasteiger partial charge < -0.3 is 5.73 Å². The van der Waals surface area contributed by atoms with Crippen molar-refractivity contribution in [3.8, 4) is 0 Å². The SMILES string of the molecule is N[C@@H]1C2CCN(CC2)C1C1CC1. The Bertz CT molecular complexity index is 178. The molecule has 0 aromatic carbocycles. The minimum absolute atomic E-state index is 0.514. The lowest BCUT2D eigenvalue weighted by Gasteiger charge is -2.50. The molecule has 2 N–H and O–H groups in total. The normalized spacial score (nSPS) is 52.8. The molecule has 0 radical (unpaired) electrons. The smallest absolute Gasteiger partial charge is 0.0278 e. The minimum atomic E-state index is 0.514. The van der Waals surface area contributed by atoms with E-state index in [2.05, 4.69) is 4.90 Å². The van der Waals surface area contributed by atoms with Gasteiger partial charge in [0.05, 0.1) is 0 Å². The van der Waals surface area contributed by atoms with E-state index in [0.29, 0.717) is 6.04 Å². The fourth-order valence-corrected chi connectivity index (χ4v) is 3.17. The average Bonchev–Trinajstić information content (AvgIpc) is 2.90. The van der Waals surface area contributed by atoms with E-state index in [9.17, 15) is 0 Å². The zero-order valence-corrected chi connectivity index (χ0v) is 7.58. The fraction of sp³-hybridized carbons (Fsp3) is 1.00. The molecule has 1 saturated carbocycles. The molecule has 2 atom stereocenters. The maximum absolute atomic E-state index is 6.26. The Hall–Kier alpha value is -0.0800. The summed E-state index contributed by atoms with van der Waals surface area (Å²) in [5.41, 5.74) is 6.26. The number of hydrogen-bond acceptors (Lipinski definition) is 2. The second kappa shape index (κ2) is 2.46. The zero-order chi connectivity index (χ0) is 8.13. The average molecular weight is 166 g/mol. The number of nitrogens with zero attached hydrogens (tertiary/aromatic N) is 1. The van der Waals surface area contributed by atoms with Crippen LogP contribution in [-0.2, 0) is 0 Å². The van der Waals surface area contributed by atoms with E-state index < -0.39 is 0 Å². The van der Waals surface area contributed by atoms with Crippen molar-refractivity contribution in [3.63, 3.8) is 0 Å². The lowest BCUT2D eigenvalue weighted by Crippen LogP contribution is -2.62. The van der Waals surface area contributed by atoms with Crippen molar-refractivity contribution in [2.45, 2.75) is 37.8 Å². The van der Waals surface area contributed by atoms with Gasteiger partial charge in [0.2, 0.25) is 0 Å². The first-order chi connectivity index (χ1) is 5.86. The Morgan fingerprint density at radius 1 is 0.917 bits per heavy atom. The third-order valence-electron chi connectivity index (χ3n) is 4.04. The van der Waals surface area contributed by atoms with Gasteiger partial charge >= 0.3 is 0 Å². The topological polar surface area (TPSA) is 29.3 Å². The van der Waals surface area contributed by atoms with E-state index in [4.69, 9.17) is 5.73 Å². The molecule has 3 saturated heterocycles. The molecule has 4 fully saturated rings. The Morgan fingerprint density at radius 3 is 2.08 bits per heavy atom. The summed E-state index contributed by atoms with van der Waals surface area (Å²) in [4.78, 5) is 2.66. The summed E-state index contributed by atoms with van der Waals surface area (Å²) in [5.74, 6) is 1.84. The van der Waals surface area contributed by atoms with Crippen LogP contribution < -0.4 is 5.73 Å². The predicted octanol–water partition coefficient (Wildman–Crippen LogP) is 0.818. The maximum Gasteiger partial charge on any atom is 0.0278 e. The number of rotatable bonds is 1. The molecule has 12 heavy (non-hydrogen) atoms. The van der Waals surface area contributed by atoms with Crippen molar-refractivity contribution in [1.29, 1.82) is 0 Å². The lowest BCUT2D eigenvalue weighted by atomic mass is 9.77. The van der Waals surface area contributed by atoms with Gasteiger partial charge in [0.25, 0.3) is 0 Å². The van der Waals surface area contributed by atoms with Crippen molar-refractivity contribution in [2.75, 3.05) is 13.1 Å². The first-order valence-electron chi connectivity index (χ1n) is 5.36. The highest BCUT2D eigenvalue weighted by atomic mass is 15.2. The molecule has 4 aliphatic rings. The van der Waals surface area contributed by atoms with Crippen LogP contribution in [-0.4, -0.2) is 30.1 Å². The highest BCUT2D eigenvalue weighted by molar-refractivity contribution is 5.03. The van der Waals surface area contributed by atoms with Crippen LogP contribution in [0.3, 0.4) is 0 Å². The van der Waals surface area contributed by atoms with Crippen LogP contribution in [0.4, 0.5) is 0 Å². The summed E-state index contributed by atoms with van der Waals surface area (Å²) < 4.78 is 0. The molecule has 1 unspecified atom stereocenters. The van der Waals surface area contributed by atoms with Gasteiger partial charge in [-0.2, -0.15) is 0 Å². The Labute approximate surface area is 74.1 Å². The Kier molecular flexibility index (Phi) is 1.50. The van der Waals surface area contributed by atoms with Gasteiger partial charge in [-0.25, -0.2) is 0 Å². The standard InChI is InChI=1S/C10H18N2/c11-9-7-3-5-12(6-4-7)10(9)8-1-2-8/h7-10H,1-6,11H2/t9-,10?/m1/s1. The fourth-order valence-electron chi connectivity index (χ4n) is 3.17. The second-order valence-corrected chi connectivity index (χ2v) is 4.78. The van der Waals surface area contributed by atoms with Crippen LogP contribution in [0.1, 0.15) is 25.7 Å². The first kappa shape index (κ1) is 7.34. The van der Waals surface area contributed by atoms with Crippen molar-refractivity contribution in [1.82, 2.24) is 4.90 Å². The summed E-state index contributed by atoms with van der Waals surface area (Å²) in [6.07, 6.45) is 5.62. The van der Waals surface area contributed by atoms with E-state index in [0.717, 1.165) is 17.9 Å². The van der Waals surface area contributed by atoms with Gasteiger partial charge in [0.15, 0.2) is 0 Å². The van der Waals surface area contributed by atoms with Gasteiger partial charge in [-0.15, -0.1) is 0 Å². The van der Waals surface area contributed by atoms with Crippen molar-refractivity contribution < 1.29 is 0 Å². The third kappa shape index (κ3) is 0.944. The van der Waals surface area contributed by atoms with Gasteiger partial charge in [0, 0.05) is 12.1 Å². The van der Waals surface area contributed by atoms with Crippen LogP contribution in [0.2, 0.25) is 0 Å². The Morgan fingerprint density at radius 2 is 1.58 bits per heavy atom. The van der Waals surface area contributed by atoms with Crippen LogP contribution in [0.25, 0.3) is 0 Å². The molecule has 3 heterocycles. The van der Waals surface area contributed by atoms with E-state index in [1.165, 1.54) is 38.8 Å². The van der Waals surface area contributed by atoms with Crippen molar-refractivity contribution >= 4 is 0 Å². The number of nitrogens with two attached hydrogens (primary N) is 1. The molecule has 0 aromatic heterocycles. The Balaban J connectivity index is 1.82. The summed E-state index contributed by atoms with van der Waals surface area (Å²) in [5, 5.41) is 0. The molecule has 2 heteroatoms. The van der Waals surface area contributed by atoms with Gasteiger partial charge in [-0.1, -0.05) is 0 Å². The minimum Gasteiger partial charge on any atom is -0.326 e. The molecule has 4 rings (SSSR count). The summed E-state index contributed by atoms with van der Waals surface area (Å²) in [7, 11) is 0. The number of hydrogen-bond donors (Lipinski definition) is 1. The predicted molar refractivity (Wildman–Crippen MR) is 48.8 cm³/mol. The van der Waals surface area contributed by atoms with Gasteiger partial charge in [0.1, 0.15) is 0 Å². The van der Waals surface area contributed by atoms with Crippen LogP contribution in [0.5, 0.6) is 0 Å². The number of piperidine rings is 3. The van der Waals surface area contributed by atoms with Gasteiger partial charge in [-0.05, 0) is 50.6 Å². The van der Waals surface area contributed by atoms with Crippen LogP contribution >= 0.6 is 0 Å². The molecule has 2 bridgehead atoms. The largest absolute Gasteiger partial charge is 0.326 e. The van der Waals surface area contributed by atoms with Crippen LogP contribution in [0, 0.1) is 11.8 Å². The molecule has 0 aromatic rings. The highest BCUT2D eigenvalue weighted by Gasteiger charge is 2.46. The molecule has 1 aliphatic carbocycles. The molecule has 68 valence electrons. The third-order valence-corrected chi connectivity index (χ3v) is 4.04. The van der Waals surface area contributed by atoms with E-state index in [1.807, 2.05) is 0 Å². The summed E-state index contributed by atoms with van der Waals surface area (Å²) >= 11 is 0. The van der Waals surface area contributed by atoms with E-state index >= 15 is 0 Å². The molecule has 2 nitrogen and oxygen atoms in total. The maximum atomic E-state index is 6.26. The molecule has 3 aliphatic heterocycles. The van der Waals surface area contributed by atoms with E-state index in [1.54, 1.807) is 0 Å². The highest BCUT2D eigenvalue weighted by Crippen LogP contribution is 2.43. The lowest BCUT2D eigenvalue weighted by molar-refractivity contribution is 0.0174. The quantitative estimate of drug-likeness (QED) is 0.625. The zero-order valence-electron chi connectivity index (χ0n) is 7.58. The first-order valence-corrected chi connectivity index (χ1v) is 5.36. The second-order valence-electron chi connectivity index (χ2n) is 4.78. The monoisotopic (exact) mass is 166 g/mol. The van der Waals surface area contributed by atoms with E-state index in [-0.39, 0.29) is 0 Å². The van der Waals surface area contributed by atoms with Crippen molar-refractivity contribution in [2.24, 2.45) is 17.6 Å². The van der Waals surface area contributed by atoms with Crippen molar-refractivity contribution in [3.05, 3.63) is 0 Å².